The van der Waals surface area contributed by atoms with Gasteiger partial charge in [0.1, 0.15) is 0 Å². The molecule has 1 aromatic carbocycles. The Morgan fingerprint density at radius 1 is 1.50 bits per heavy atom. The average Bonchev–Trinajstić information content (AvgIpc) is 2.98. The van der Waals surface area contributed by atoms with E-state index in [9.17, 15) is 14.9 Å². The summed E-state index contributed by atoms with van der Waals surface area (Å²) in [6, 6.07) is 6.18. The number of carbonyl (C=O) groups is 1. The Morgan fingerprint density at radius 3 is 2.95 bits per heavy atom. The predicted octanol–water partition coefficient (Wildman–Crippen LogP) is 2.01. The van der Waals surface area contributed by atoms with E-state index >= 15 is 0 Å². The molecule has 1 aromatic heterocycles. The maximum absolute atomic E-state index is 11.8. The molecule has 1 amide bonds. The number of hydrogen-bond acceptors (Lipinski definition) is 4. The predicted molar refractivity (Wildman–Crippen MR) is 82.0 cm³/mol. The van der Waals surface area contributed by atoms with E-state index in [0.717, 1.165) is 0 Å². The van der Waals surface area contributed by atoms with Crippen LogP contribution in [0.4, 0.5) is 5.69 Å². The lowest BCUT2D eigenvalue weighted by atomic mass is 10.1. The summed E-state index contributed by atoms with van der Waals surface area (Å²) in [5.41, 5.74) is 0.364. The molecule has 2 rings (SSSR count). The number of carbonyl (C=O) groups excluding carboxylic acids is 1. The highest BCUT2D eigenvalue weighted by Gasteiger charge is 2.10. The zero-order chi connectivity index (χ0) is 15.9. The van der Waals surface area contributed by atoms with Crippen LogP contribution in [0.1, 0.15) is 12.5 Å². The molecule has 0 spiro atoms. The minimum atomic E-state index is -0.473. The SMILES string of the molecule is C[C@@H](Cn1ccnc1)NC(=O)/C=C/c1ccccc1[N+](=O)[O-]. The van der Waals surface area contributed by atoms with E-state index in [1.165, 1.54) is 18.2 Å². The Kier molecular flexibility index (Phi) is 5.02. The molecule has 1 heterocycles. The van der Waals surface area contributed by atoms with Crippen LogP contribution in [0.2, 0.25) is 0 Å². The van der Waals surface area contributed by atoms with Crippen molar-refractivity contribution in [2.75, 3.05) is 0 Å². The molecule has 0 saturated heterocycles. The number of hydrogen-bond donors (Lipinski definition) is 1. The summed E-state index contributed by atoms with van der Waals surface area (Å²) in [5.74, 6) is -0.300. The van der Waals surface area contributed by atoms with Crippen LogP contribution < -0.4 is 5.32 Å². The van der Waals surface area contributed by atoms with Gasteiger partial charge >= 0.3 is 0 Å². The molecule has 0 aliphatic rings. The van der Waals surface area contributed by atoms with Crippen LogP contribution in [0.25, 0.3) is 6.08 Å². The molecule has 0 fully saturated rings. The lowest BCUT2D eigenvalue weighted by Gasteiger charge is -2.12. The second-order valence-corrected chi connectivity index (χ2v) is 4.82. The first-order valence-corrected chi connectivity index (χ1v) is 6.74. The number of nitrogens with one attached hydrogen (secondary N) is 1. The second-order valence-electron chi connectivity index (χ2n) is 4.82. The number of benzene rings is 1. The van der Waals surface area contributed by atoms with Crippen molar-refractivity contribution in [3.8, 4) is 0 Å². The van der Waals surface area contributed by atoms with E-state index < -0.39 is 4.92 Å². The molecule has 0 bridgehead atoms. The van der Waals surface area contributed by atoms with Gasteiger partial charge in [0, 0.05) is 37.1 Å². The summed E-state index contributed by atoms with van der Waals surface area (Å²) in [7, 11) is 0. The lowest BCUT2D eigenvalue weighted by molar-refractivity contribution is -0.385. The van der Waals surface area contributed by atoms with Crippen LogP contribution in [0.5, 0.6) is 0 Å². The third-order valence-corrected chi connectivity index (χ3v) is 2.98. The van der Waals surface area contributed by atoms with Crippen LogP contribution in [-0.2, 0) is 11.3 Å². The summed E-state index contributed by atoms with van der Waals surface area (Å²) in [6.07, 6.45) is 7.89. The van der Waals surface area contributed by atoms with Crippen molar-refractivity contribution >= 4 is 17.7 Å². The Bertz CT molecular complexity index is 680. The Balaban J connectivity index is 1.95. The number of aromatic nitrogens is 2. The molecule has 0 saturated carbocycles. The van der Waals surface area contributed by atoms with Gasteiger partial charge in [-0.25, -0.2) is 4.98 Å². The van der Waals surface area contributed by atoms with Gasteiger partial charge < -0.3 is 9.88 Å². The average molecular weight is 300 g/mol. The van der Waals surface area contributed by atoms with Crippen molar-refractivity contribution < 1.29 is 9.72 Å². The van der Waals surface area contributed by atoms with Crippen LogP contribution >= 0.6 is 0 Å². The van der Waals surface area contributed by atoms with Gasteiger partial charge in [-0.05, 0) is 19.1 Å². The number of para-hydroxylation sites is 1. The van der Waals surface area contributed by atoms with Crippen molar-refractivity contribution in [3.63, 3.8) is 0 Å². The van der Waals surface area contributed by atoms with Crippen LogP contribution in [0, 0.1) is 10.1 Å². The monoisotopic (exact) mass is 300 g/mol. The van der Waals surface area contributed by atoms with E-state index in [-0.39, 0.29) is 17.6 Å². The molecule has 1 N–H and O–H groups in total. The molecule has 0 aliphatic heterocycles. The molecular formula is C15H16N4O3. The van der Waals surface area contributed by atoms with E-state index in [0.29, 0.717) is 12.1 Å². The first kappa shape index (κ1) is 15.4. The lowest BCUT2D eigenvalue weighted by Crippen LogP contribution is -2.34. The zero-order valence-electron chi connectivity index (χ0n) is 12.0. The molecule has 0 unspecified atom stereocenters. The van der Waals surface area contributed by atoms with E-state index in [1.54, 1.807) is 30.7 Å². The zero-order valence-corrected chi connectivity index (χ0v) is 12.0. The topological polar surface area (TPSA) is 90.1 Å². The molecule has 2 aromatic rings. The Hall–Kier alpha value is -2.96. The maximum Gasteiger partial charge on any atom is 0.276 e. The van der Waals surface area contributed by atoms with Crippen molar-refractivity contribution in [1.29, 1.82) is 0 Å². The quantitative estimate of drug-likeness (QED) is 0.502. The van der Waals surface area contributed by atoms with Gasteiger partial charge in [-0.1, -0.05) is 12.1 Å². The van der Waals surface area contributed by atoms with E-state index in [4.69, 9.17) is 0 Å². The normalized spacial score (nSPS) is 12.2. The van der Waals surface area contributed by atoms with Crippen molar-refractivity contribution in [1.82, 2.24) is 14.9 Å². The van der Waals surface area contributed by atoms with Crippen LogP contribution in [-0.4, -0.2) is 26.4 Å². The highest BCUT2D eigenvalue weighted by atomic mass is 16.6. The molecule has 1 atom stereocenters. The third kappa shape index (κ3) is 4.27. The number of nitro benzene ring substituents is 1. The smallest absolute Gasteiger partial charge is 0.276 e. The highest BCUT2D eigenvalue weighted by molar-refractivity contribution is 5.92. The van der Waals surface area contributed by atoms with E-state index in [1.807, 2.05) is 17.7 Å². The molecule has 7 nitrogen and oxygen atoms in total. The van der Waals surface area contributed by atoms with Gasteiger partial charge in [-0.15, -0.1) is 0 Å². The molecule has 0 radical (unpaired) electrons. The molecule has 7 heteroatoms. The summed E-state index contributed by atoms with van der Waals surface area (Å²) >= 11 is 0. The maximum atomic E-state index is 11.8. The van der Waals surface area contributed by atoms with Gasteiger partial charge in [-0.3, -0.25) is 14.9 Å². The highest BCUT2D eigenvalue weighted by Crippen LogP contribution is 2.18. The van der Waals surface area contributed by atoms with Crippen molar-refractivity contribution in [2.24, 2.45) is 0 Å². The summed E-state index contributed by atoms with van der Waals surface area (Å²) in [6.45, 7) is 2.47. The van der Waals surface area contributed by atoms with Gasteiger partial charge in [0.15, 0.2) is 0 Å². The van der Waals surface area contributed by atoms with Crippen molar-refractivity contribution in [3.05, 3.63) is 64.7 Å². The first-order chi connectivity index (χ1) is 10.6. The largest absolute Gasteiger partial charge is 0.348 e. The Labute approximate surface area is 127 Å². The minimum Gasteiger partial charge on any atom is -0.348 e. The van der Waals surface area contributed by atoms with E-state index in [2.05, 4.69) is 10.3 Å². The first-order valence-electron chi connectivity index (χ1n) is 6.74. The summed E-state index contributed by atoms with van der Waals surface area (Å²) < 4.78 is 1.86. The molecular weight excluding hydrogens is 284 g/mol. The number of imidazole rings is 1. The molecule has 22 heavy (non-hydrogen) atoms. The van der Waals surface area contributed by atoms with Gasteiger partial charge in [0.05, 0.1) is 16.8 Å². The van der Waals surface area contributed by atoms with Crippen LogP contribution in [0.15, 0.2) is 49.1 Å². The standard InChI is InChI=1S/C15H16N4O3/c1-12(10-18-9-8-16-11-18)17-15(20)7-6-13-4-2-3-5-14(13)19(21)22/h2-9,11-12H,10H2,1H3,(H,17,20)/b7-6+/t12-/m0/s1. The molecule has 0 aliphatic carbocycles. The van der Waals surface area contributed by atoms with Gasteiger partial charge in [0.25, 0.3) is 5.69 Å². The summed E-state index contributed by atoms with van der Waals surface area (Å²) in [4.78, 5) is 26.2. The Morgan fingerprint density at radius 2 is 2.27 bits per heavy atom. The third-order valence-electron chi connectivity index (χ3n) is 2.98. The van der Waals surface area contributed by atoms with Gasteiger partial charge in [-0.2, -0.15) is 0 Å². The van der Waals surface area contributed by atoms with Gasteiger partial charge in [0.2, 0.25) is 5.91 Å². The molecule has 114 valence electrons. The number of nitrogens with zero attached hydrogens (tertiary/aromatic N) is 3. The fraction of sp³-hybridized carbons (Fsp3) is 0.200. The van der Waals surface area contributed by atoms with Crippen molar-refractivity contribution in [2.45, 2.75) is 19.5 Å². The number of rotatable bonds is 6. The van der Waals surface area contributed by atoms with Crippen LogP contribution in [0.3, 0.4) is 0 Å². The second kappa shape index (κ2) is 7.16. The fourth-order valence-corrected chi connectivity index (χ4v) is 2.01. The summed E-state index contributed by atoms with van der Waals surface area (Å²) in [5, 5.41) is 13.7. The minimum absolute atomic E-state index is 0.0296. The number of amides is 1. The number of nitro groups is 1. The fourth-order valence-electron chi connectivity index (χ4n) is 2.01.